The van der Waals surface area contributed by atoms with E-state index in [9.17, 15) is 4.39 Å². The first-order valence-corrected chi connectivity index (χ1v) is 3.18. The fourth-order valence-electron chi connectivity index (χ4n) is 0.766. The van der Waals surface area contributed by atoms with Gasteiger partial charge in [0.05, 0.1) is 0 Å². The van der Waals surface area contributed by atoms with Crippen LogP contribution in [0.25, 0.3) is 0 Å². The maximum Gasteiger partial charge on any atom is 0.144 e. The first-order chi connectivity index (χ1) is 5.24. The quantitative estimate of drug-likeness (QED) is 0.687. The van der Waals surface area contributed by atoms with E-state index < -0.39 is 0 Å². The van der Waals surface area contributed by atoms with Gasteiger partial charge in [-0.1, -0.05) is 24.8 Å². The minimum Gasteiger partial charge on any atom is -0.377 e. The molecule has 57 valence electrons. The zero-order valence-corrected chi connectivity index (χ0v) is 5.92. The third-order valence-electron chi connectivity index (χ3n) is 1.31. The molecule has 2 heteroatoms. The number of hydrogen-bond acceptors (Lipinski definition) is 1. The highest BCUT2D eigenvalue weighted by Gasteiger charge is 2.03. The van der Waals surface area contributed by atoms with Crippen LogP contribution in [0, 0.1) is 11.9 Å². The first-order valence-electron chi connectivity index (χ1n) is 3.18. The monoisotopic (exact) mass is 151 g/mol. The summed E-state index contributed by atoms with van der Waals surface area (Å²) in [5, 5.41) is 9.09. The Morgan fingerprint density at radius 2 is 2.27 bits per heavy atom. The second kappa shape index (κ2) is 3.30. The van der Waals surface area contributed by atoms with Gasteiger partial charge in [-0.2, -0.15) is 0 Å². The minimum atomic E-state index is -0.365. The van der Waals surface area contributed by atoms with Crippen LogP contribution in [0.1, 0.15) is 5.56 Å². The topological polar surface area (TPSA) is 20.2 Å². The fourth-order valence-corrected chi connectivity index (χ4v) is 0.766. The maximum absolute atomic E-state index is 12.5. The Hall–Kier alpha value is -1.15. The fraction of sp³-hybridized carbons (Fsp3) is 0. The van der Waals surface area contributed by atoms with Gasteiger partial charge in [0, 0.05) is 0 Å². The number of aliphatic hydroxyl groups excluding tert-OH is 1. The molecule has 0 aliphatic carbocycles. The number of hydrogen-bond donors (Lipinski definition) is 1. The average Bonchev–Trinajstić information content (AvgIpc) is 2.03. The van der Waals surface area contributed by atoms with E-state index >= 15 is 0 Å². The van der Waals surface area contributed by atoms with Gasteiger partial charge in [0.2, 0.25) is 0 Å². The molecular formula is C9H8FO. The molecule has 0 heterocycles. The van der Waals surface area contributed by atoms with Gasteiger partial charge in [-0.05, 0) is 17.7 Å². The second-order valence-corrected chi connectivity index (χ2v) is 2.10. The molecule has 0 atom stereocenters. The van der Waals surface area contributed by atoms with Crippen molar-refractivity contribution in [3.8, 4) is 0 Å². The summed E-state index contributed by atoms with van der Waals surface area (Å²) in [7, 11) is 0. The lowest BCUT2D eigenvalue weighted by atomic mass is 10.1. The minimum absolute atomic E-state index is 0.00972. The predicted octanol–water partition coefficient (Wildman–Crippen LogP) is 2.26. The predicted molar refractivity (Wildman–Crippen MR) is 40.9 cm³/mol. The van der Waals surface area contributed by atoms with E-state index in [4.69, 9.17) is 5.11 Å². The SMILES string of the molecule is C=C[C](O)c1cccc(F)c1. The van der Waals surface area contributed by atoms with Crippen molar-refractivity contribution in [3.05, 3.63) is 54.4 Å². The summed E-state index contributed by atoms with van der Waals surface area (Å²) in [6.07, 6.45) is 1.26. The second-order valence-electron chi connectivity index (χ2n) is 2.10. The molecule has 1 aromatic carbocycles. The third kappa shape index (κ3) is 1.88. The highest BCUT2D eigenvalue weighted by atomic mass is 19.1. The molecule has 1 N–H and O–H groups in total. The van der Waals surface area contributed by atoms with Crippen molar-refractivity contribution in [2.24, 2.45) is 0 Å². The molecular weight excluding hydrogens is 143 g/mol. The summed E-state index contributed by atoms with van der Waals surface area (Å²) >= 11 is 0. The first kappa shape index (κ1) is 7.95. The van der Waals surface area contributed by atoms with Crippen molar-refractivity contribution in [1.29, 1.82) is 0 Å². The Kier molecular flexibility index (Phi) is 2.39. The van der Waals surface area contributed by atoms with E-state index in [1.807, 2.05) is 0 Å². The van der Waals surface area contributed by atoms with Gasteiger partial charge in [-0.15, -0.1) is 0 Å². The molecule has 1 nitrogen and oxygen atoms in total. The smallest absolute Gasteiger partial charge is 0.144 e. The van der Waals surface area contributed by atoms with Crippen molar-refractivity contribution in [2.45, 2.75) is 0 Å². The highest BCUT2D eigenvalue weighted by molar-refractivity contribution is 5.31. The van der Waals surface area contributed by atoms with Gasteiger partial charge < -0.3 is 5.11 Å². The molecule has 0 amide bonds. The third-order valence-corrected chi connectivity index (χ3v) is 1.31. The summed E-state index contributed by atoms with van der Waals surface area (Å²) in [6.45, 7) is 3.36. The molecule has 0 unspecified atom stereocenters. The summed E-state index contributed by atoms with van der Waals surface area (Å²) in [5.74, 6) is -0.365. The number of aliphatic hydroxyl groups is 1. The normalized spacial score (nSPS) is 10.1. The van der Waals surface area contributed by atoms with Crippen LogP contribution in [-0.4, -0.2) is 5.11 Å². The van der Waals surface area contributed by atoms with E-state index in [0.717, 1.165) is 0 Å². The molecule has 1 radical (unpaired) electrons. The van der Waals surface area contributed by atoms with Crippen molar-refractivity contribution in [2.75, 3.05) is 0 Å². The van der Waals surface area contributed by atoms with Gasteiger partial charge >= 0.3 is 0 Å². The van der Waals surface area contributed by atoms with Gasteiger partial charge in [0.1, 0.15) is 11.9 Å². The molecule has 1 rings (SSSR count). The lowest BCUT2D eigenvalue weighted by molar-refractivity contribution is 0.363. The van der Waals surface area contributed by atoms with Crippen molar-refractivity contribution in [3.63, 3.8) is 0 Å². The molecule has 0 saturated carbocycles. The van der Waals surface area contributed by atoms with E-state index in [2.05, 4.69) is 6.58 Å². The Bertz CT molecular complexity index is 257. The Labute approximate surface area is 64.8 Å². The van der Waals surface area contributed by atoms with E-state index in [1.54, 1.807) is 6.07 Å². The maximum atomic E-state index is 12.5. The van der Waals surface area contributed by atoms with Crippen molar-refractivity contribution >= 4 is 0 Å². The summed E-state index contributed by atoms with van der Waals surface area (Å²) in [4.78, 5) is 0. The number of halogens is 1. The Balaban J connectivity index is 2.95. The van der Waals surface area contributed by atoms with Crippen molar-refractivity contribution < 1.29 is 9.50 Å². The molecule has 0 aliphatic heterocycles. The number of rotatable bonds is 2. The van der Waals surface area contributed by atoms with E-state index in [-0.39, 0.29) is 11.9 Å². The van der Waals surface area contributed by atoms with Crippen LogP contribution >= 0.6 is 0 Å². The molecule has 0 aliphatic rings. The lowest BCUT2D eigenvalue weighted by Gasteiger charge is -2.02. The molecule has 0 bridgehead atoms. The Morgan fingerprint density at radius 1 is 1.55 bits per heavy atom. The van der Waals surface area contributed by atoms with Crippen LogP contribution in [0.2, 0.25) is 0 Å². The van der Waals surface area contributed by atoms with Crippen LogP contribution in [-0.2, 0) is 0 Å². The average molecular weight is 151 g/mol. The summed E-state index contributed by atoms with van der Waals surface area (Å²) < 4.78 is 12.5. The molecule has 0 fully saturated rings. The summed E-state index contributed by atoms with van der Waals surface area (Å²) in [6, 6.07) is 5.71. The van der Waals surface area contributed by atoms with Crippen molar-refractivity contribution in [1.82, 2.24) is 0 Å². The van der Waals surface area contributed by atoms with Gasteiger partial charge in [0.15, 0.2) is 0 Å². The van der Waals surface area contributed by atoms with E-state index in [0.29, 0.717) is 5.56 Å². The number of benzene rings is 1. The zero-order chi connectivity index (χ0) is 8.27. The van der Waals surface area contributed by atoms with E-state index in [1.165, 1.54) is 24.3 Å². The van der Waals surface area contributed by atoms with Gasteiger partial charge in [-0.3, -0.25) is 0 Å². The van der Waals surface area contributed by atoms with Gasteiger partial charge in [0.25, 0.3) is 0 Å². The lowest BCUT2D eigenvalue weighted by Crippen LogP contribution is -1.93. The standard InChI is InChI=1S/C9H8FO/c1-2-9(11)7-4-3-5-8(10)6-7/h2-6,11H,1H2. The largest absolute Gasteiger partial charge is 0.377 e. The van der Waals surface area contributed by atoms with Crippen LogP contribution in [0.5, 0.6) is 0 Å². The Morgan fingerprint density at radius 3 is 2.82 bits per heavy atom. The molecule has 0 spiro atoms. The molecule has 1 aromatic rings. The molecule has 0 aromatic heterocycles. The van der Waals surface area contributed by atoms with Crippen LogP contribution in [0.3, 0.4) is 0 Å². The van der Waals surface area contributed by atoms with Crippen LogP contribution in [0.4, 0.5) is 4.39 Å². The molecule has 11 heavy (non-hydrogen) atoms. The summed E-state index contributed by atoms with van der Waals surface area (Å²) in [5.41, 5.74) is 0.444. The van der Waals surface area contributed by atoms with Crippen LogP contribution < -0.4 is 0 Å². The molecule has 0 saturated heterocycles. The van der Waals surface area contributed by atoms with Crippen LogP contribution in [0.15, 0.2) is 36.9 Å². The van der Waals surface area contributed by atoms with Gasteiger partial charge in [-0.25, -0.2) is 4.39 Å². The zero-order valence-electron chi connectivity index (χ0n) is 5.92. The highest BCUT2D eigenvalue weighted by Crippen LogP contribution is 2.12.